The van der Waals surface area contributed by atoms with Gasteiger partial charge in [-0.15, -0.1) is 11.3 Å². The largest absolute Gasteiger partial charge is 0.416 e. The van der Waals surface area contributed by atoms with Crippen molar-refractivity contribution in [2.24, 2.45) is 0 Å². The monoisotopic (exact) mass is 303 g/mol. The zero-order valence-electron chi connectivity index (χ0n) is 10.7. The molecule has 0 aliphatic heterocycles. The van der Waals surface area contributed by atoms with E-state index in [2.05, 4.69) is 5.32 Å². The van der Waals surface area contributed by atoms with Crippen LogP contribution in [-0.4, -0.2) is 0 Å². The van der Waals surface area contributed by atoms with E-state index in [1.54, 1.807) is 11.3 Å². The Morgan fingerprint density at radius 1 is 1.10 bits per heavy atom. The fraction of sp³-hybridized carbons (Fsp3) is 0.286. The highest BCUT2D eigenvalue weighted by molar-refractivity contribution is 7.11. The average molecular weight is 303 g/mol. The van der Waals surface area contributed by atoms with Crippen LogP contribution in [0.5, 0.6) is 0 Å². The summed E-state index contributed by atoms with van der Waals surface area (Å²) < 4.78 is 51.3. The van der Waals surface area contributed by atoms with Crippen LogP contribution in [0.15, 0.2) is 30.3 Å². The van der Waals surface area contributed by atoms with Crippen LogP contribution >= 0.6 is 11.3 Å². The minimum atomic E-state index is -4.54. The molecule has 0 aliphatic carbocycles. The minimum absolute atomic E-state index is 0.0477. The Kier molecular flexibility index (Phi) is 4.45. The summed E-state index contributed by atoms with van der Waals surface area (Å²) in [5, 5.41) is 2.95. The summed E-state index contributed by atoms with van der Waals surface area (Å²) in [5.41, 5.74) is -0.875. The van der Waals surface area contributed by atoms with Crippen molar-refractivity contribution in [3.63, 3.8) is 0 Å². The van der Waals surface area contributed by atoms with Crippen molar-refractivity contribution in [3.8, 4) is 0 Å². The van der Waals surface area contributed by atoms with Crippen molar-refractivity contribution in [2.45, 2.75) is 26.2 Å². The normalized spacial score (nSPS) is 11.8. The van der Waals surface area contributed by atoms with Crippen LogP contribution in [0.3, 0.4) is 0 Å². The predicted octanol–water partition coefficient (Wildman–Crippen LogP) is 4.50. The summed E-state index contributed by atoms with van der Waals surface area (Å²) in [6.07, 6.45) is -4.54. The van der Waals surface area contributed by atoms with E-state index in [9.17, 15) is 17.6 Å². The van der Waals surface area contributed by atoms with Gasteiger partial charge in [0.05, 0.1) is 5.56 Å². The fourth-order valence-corrected chi connectivity index (χ4v) is 2.73. The fourth-order valence-electron chi connectivity index (χ4n) is 1.87. The molecule has 1 N–H and O–H groups in total. The van der Waals surface area contributed by atoms with E-state index in [1.807, 2.05) is 19.1 Å². The molecule has 0 bridgehead atoms. The van der Waals surface area contributed by atoms with E-state index in [0.717, 1.165) is 15.8 Å². The van der Waals surface area contributed by atoms with E-state index in [1.165, 1.54) is 6.07 Å². The lowest BCUT2D eigenvalue weighted by Gasteiger charge is -2.13. The Hall–Kier alpha value is -1.40. The lowest BCUT2D eigenvalue weighted by Crippen LogP contribution is -2.17. The third-order valence-electron chi connectivity index (χ3n) is 2.79. The average Bonchev–Trinajstić information content (AvgIpc) is 2.76. The summed E-state index contributed by atoms with van der Waals surface area (Å²) in [5.74, 6) is -0.880. The number of thiophene rings is 1. The second-order valence-electron chi connectivity index (χ2n) is 4.42. The number of benzene rings is 1. The Bertz CT molecular complexity index is 589. The molecule has 0 saturated heterocycles. The number of nitrogens with one attached hydrogen (secondary N) is 1. The molecule has 0 radical (unpaired) electrons. The molecule has 0 amide bonds. The van der Waals surface area contributed by atoms with E-state index in [4.69, 9.17) is 0 Å². The predicted molar refractivity (Wildman–Crippen MR) is 71.0 cm³/mol. The van der Waals surface area contributed by atoms with Crippen molar-refractivity contribution in [3.05, 3.63) is 57.0 Å². The maximum Gasteiger partial charge on any atom is 0.416 e. The first-order valence-corrected chi connectivity index (χ1v) is 6.79. The second kappa shape index (κ2) is 5.93. The zero-order chi connectivity index (χ0) is 14.8. The molecule has 1 aromatic heterocycles. The molecule has 2 rings (SSSR count). The lowest BCUT2D eigenvalue weighted by molar-refractivity contribution is -0.138. The van der Waals surface area contributed by atoms with E-state index in [0.29, 0.717) is 12.6 Å². The van der Waals surface area contributed by atoms with Crippen LogP contribution in [0.25, 0.3) is 0 Å². The standard InChI is InChI=1S/C14H13F4NS/c1-9-2-5-12(20-9)8-19-7-10-3-4-11(15)6-13(10)14(16,17)18/h2-6,19H,7-8H2,1H3. The highest BCUT2D eigenvalue weighted by Gasteiger charge is 2.33. The SMILES string of the molecule is Cc1ccc(CNCc2ccc(F)cc2C(F)(F)F)s1. The molecule has 20 heavy (non-hydrogen) atoms. The molecular weight excluding hydrogens is 290 g/mol. The van der Waals surface area contributed by atoms with Crippen LogP contribution in [-0.2, 0) is 19.3 Å². The van der Waals surface area contributed by atoms with Gasteiger partial charge in [0.2, 0.25) is 0 Å². The summed E-state index contributed by atoms with van der Waals surface area (Å²) >= 11 is 1.59. The third kappa shape index (κ3) is 3.80. The Morgan fingerprint density at radius 3 is 2.45 bits per heavy atom. The van der Waals surface area contributed by atoms with Crippen LogP contribution in [0, 0.1) is 12.7 Å². The summed E-state index contributed by atoms with van der Waals surface area (Å²) in [4.78, 5) is 2.21. The number of alkyl halides is 3. The van der Waals surface area contributed by atoms with Crippen LogP contribution in [0.4, 0.5) is 17.6 Å². The van der Waals surface area contributed by atoms with Crippen molar-refractivity contribution >= 4 is 11.3 Å². The minimum Gasteiger partial charge on any atom is -0.308 e. The molecule has 1 heterocycles. The Labute approximate surface area is 118 Å². The van der Waals surface area contributed by atoms with Crippen molar-refractivity contribution in [2.75, 3.05) is 0 Å². The molecule has 0 saturated carbocycles. The zero-order valence-corrected chi connectivity index (χ0v) is 11.5. The van der Waals surface area contributed by atoms with Gasteiger partial charge >= 0.3 is 6.18 Å². The third-order valence-corrected chi connectivity index (χ3v) is 3.79. The quantitative estimate of drug-likeness (QED) is 0.820. The van der Waals surface area contributed by atoms with Gasteiger partial charge < -0.3 is 5.32 Å². The molecule has 0 spiro atoms. The van der Waals surface area contributed by atoms with E-state index >= 15 is 0 Å². The van der Waals surface area contributed by atoms with Gasteiger partial charge in [-0.25, -0.2) is 4.39 Å². The molecule has 0 aliphatic rings. The van der Waals surface area contributed by atoms with Crippen LogP contribution < -0.4 is 5.32 Å². The molecule has 108 valence electrons. The molecule has 1 nitrogen and oxygen atoms in total. The van der Waals surface area contributed by atoms with Gasteiger partial charge in [-0.1, -0.05) is 6.07 Å². The molecule has 0 unspecified atom stereocenters. The van der Waals surface area contributed by atoms with Gasteiger partial charge in [-0.05, 0) is 36.8 Å². The molecule has 1 aromatic carbocycles. The van der Waals surface area contributed by atoms with Gasteiger partial charge in [0, 0.05) is 22.8 Å². The van der Waals surface area contributed by atoms with Gasteiger partial charge in [0.1, 0.15) is 5.82 Å². The first-order chi connectivity index (χ1) is 9.36. The smallest absolute Gasteiger partial charge is 0.308 e. The van der Waals surface area contributed by atoms with Gasteiger partial charge in [0.15, 0.2) is 0 Å². The molecule has 2 aromatic rings. The van der Waals surface area contributed by atoms with Crippen LogP contribution in [0.2, 0.25) is 0 Å². The highest BCUT2D eigenvalue weighted by atomic mass is 32.1. The van der Waals surface area contributed by atoms with Gasteiger partial charge in [0.25, 0.3) is 0 Å². The number of aryl methyl sites for hydroxylation is 1. The summed E-state index contributed by atoms with van der Waals surface area (Å²) in [7, 11) is 0. The molecular formula is C14H13F4NS. The number of halogens is 4. The highest BCUT2D eigenvalue weighted by Crippen LogP contribution is 2.32. The maximum atomic E-state index is 12.9. The first kappa shape index (κ1) is 15.0. The molecule has 0 atom stereocenters. The van der Waals surface area contributed by atoms with Crippen molar-refractivity contribution in [1.82, 2.24) is 5.32 Å². The van der Waals surface area contributed by atoms with Gasteiger partial charge in [-0.2, -0.15) is 13.2 Å². The summed E-state index contributed by atoms with van der Waals surface area (Å²) in [6.45, 7) is 2.51. The maximum absolute atomic E-state index is 12.9. The van der Waals surface area contributed by atoms with E-state index in [-0.39, 0.29) is 12.1 Å². The lowest BCUT2D eigenvalue weighted by atomic mass is 10.1. The number of hydrogen-bond donors (Lipinski definition) is 1. The number of rotatable bonds is 4. The van der Waals surface area contributed by atoms with Crippen molar-refractivity contribution < 1.29 is 17.6 Å². The van der Waals surface area contributed by atoms with Gasteiger partial charge in [-0.3, -0.25) is 0 Å². The van der Waals surface area contributed by atoms with Crippen LogP contribution in [0.1, 0.15) is 20.9 Å². The molecule has 0 fully saturated rings. The first-order valence-electron chi connectivity index (χ1n) is 5.98. The van der Waals surface area contributed by atoms with Crippen molar-refractivity contribution in [1.29, 1.82) is 0 Å². The van der Waals surface area contributed by atoms with E-state index < -0.39 is 17.6 Å². The second-order valence-corrected chi connectivity index (χ2v) is 5.79. The molecule has 6 heteroatoms. The number of hydrogen-bond acceptors (Lipinski definition) is 2. The Balaban J connectivity index is 2.06. The topological polar surface area (TPSA) is 12.0 Å². The summed E-state index contributed by atoms with van der Waals surface area (Å²) in [6, 6.07) is 6.64. The Morgan fingerprint density at radius 2 is 1.85 bits per heavy atom.